The molecule has 0 unspecified atom stereocenters. The number of aliphatic hydroxyl groups is 1. The average molecular weight is 459 g/mol. The molecule has 1 aromatic heterocycles. The molecule has 0 atom stereocenters. The van der Waals surface area contributed by atoms with Crippen molar-refractivity contribution in [2.45, 2.75) is 31.7 Å². The Kier molecular flexibility index (Phi) is 7.12. The number of esters is 1. The van der Waals surface area contributed by atoms with Crippen molar-refractivity contribution in [3.63, 3.8) is 0 Å². The number of nitrogens with zero attached hydrogens (tertiary/aromatic N) is 1. The Hall–Kier alpha value is -3.01. The lowest BCUT2D eigenvalue weighted by molar-refractivity contribution is 0.0600. The molecule has 0 aliphatic rings. The lowest BCUT2D eigenvalue weighted by Gasteiger charge is -2.22. The Morgan fingerprint density at radius 2 is 1.91 bits per heavy atom. The second-order valence-electron chi connectivity index (χ2n) is 7.60. The van der Waals surface area contributed by atoms with Crippen molar-refractivity contribution in [2.24, 2.45) is 0 Å². The Morgan fingerprint density at radius 3 is 2.59 bits per heavy atom. The van der Waals surface area contributed by atoms with Gasteiger partial charge in [-0.2, -0.15) is 4.31 Å². The van der Waals surface area contributed by atoms with Crippen molar-refractivity contribution in [2.75, 3.05) is 20.3 Å². The van der Waals surface area contributed by atoms with Crippen molar-refractivity contribution < 1.29 is 23.1 Å². The third-order valence-electron chi connectivity index (χ3n) is 5.19. The zero-order chi connectivity index (χ0) is 23.5. The van der Waals surface area contributed by atoms with Crippen molar-refractivity contribution in [3.8, 4) is 0 Å². The normalized spacial score (nSPS) is 11.8. The highest BCUT2D eigenvalue weighted by Crippen LogP contribution is 2.22. The molecular weight excluding hydrogens is 432 g/mol. The van der Waals surface area contributed by atoms with Crippen LogP contribution in [0.2, 0.25) is 0 Å². The summed E-state index contributed by atoms with van der Waals surface area (Å²) in [5.41, 5.74) is 2.67. The highest BCUT2D eigenvalue weighted by molar-refractivity contribution is 7.89. The number of benzene rings is 2. The summed E-state index contributed by atoms with van der Waals surface area (Å²) in [5, 5.41) is 10.1. The number of sulfonamides is 1. The molecule has 0 saturated carbocycles. The molecule has 2 N–H and O–H groups in total. The van der Waals surface area contributed by atoms with Crippen molar-refractivity contribution in [1.29, 1.82) is 0 Å². The van der Waals surface area contributed by atoms with Gasteiger partial charge in [0.25, 0.3) is 5.56 Å². The van der Waals surface area contributed by atoms with E-state index in [1.807, 2.05) is 26.0 Å². The molecule has 3 rings (SSSR count). The van der Waals surface area contributed by atoms with E-state index in [-0.39, 0.29) is 47.7 Å². The van der Waals surface area contributed by atoms with Gasteiger partial charge in [-0.3, -0.25) is 4.79 Å². The van der Waals surface area contributed by atoms with Crippen LogP contribution in [0.3, 0.4) is 0 Å². The summed E-state index contributed by atoms with van der Waals surface area (Å²) in [4.78, 5) is 27.3. The number of nitrogens with one attached hydrogen (secondary N) is 1. The fourth-order valence-corrected chi connectivity index (χ4v) is 5.11. The van der Waals surface area contributed by atoms with Crippen LogP contribution in [-0.2, 0) is 21.3 Å². The molecular formula is C23H26N2O6S. The van der Waals surface area contributed by atoms with Gasteiger partial charge in [0.1, 0.15) is 0 Å². The van der Waals surface area contributed by atoms with Gasteiger partial charge in [-0.15, -0.1) is 0 Å². The summed E-state index contributed by atoms with van der Waals surface area (Å²) < 4.78 is 32.6. The zero-order valence-electron chi connectivity index (χ0n) is 18.2. The summed E-state index contributed by atoms with van der Waals surface area (Å²) in [7, 11) is -2.85. The van der Waals surface area contributed by atoms with Crippen LogP contribution in [0.15, 0.2) is 52.2 Å². The smallest absolute Gasteiger partial charge is 0.337 e. The Bertz CT molecular complexity index is 1310. The van der Waals surface area contributed by atoms with Crippen LogP contribution in [0, 0.1) is 13.8 Å². The third-order valence-corrected chi connectivity index (χ3v) is 7.04. The minimum atomic E-state index is -4.06. The summed E-state index contributed by atoms with van der Waals surface area (Å²) in [5.74, 6) is -0.652. The van der Waals surface area contributed by atoms with Crippen molar-refractivity contribution in [1.82, 2.24) is 9.29 Å². The molecule has 32 heavy (non-hydrogen) atoms. The number of fused-ring (bicyclic) bond motifs is 1. The number of aliphatic hydroxyl groups excluding tert-OH is 1. The van der Waals surface area contributed by atoms with Gasteiger partial charge in [-0.05, 0) is 61.7 Å². The molecule has 0 saturated heterocycles. The molecule has 170 valence electrons. The summed E-state index contributed by atoms with van der Waals surface area (Å²) in [6.07, 6.45) is 0.194. The number of methoxy groups -OCH3 is 1. The van der Waals surface area contributed by atoms with Crippen LogP contribution in [0.1, 0.15) is 33.5 Å². The van der Waals surface area contributed by atoms with Crippen LogP contribution in [0.5, 0.6) is 0 Å². The standard InChI is InChI=1S/C23H26N2O6S/c1-15-10-16(2)20-13-18(22(27)24-21(20)11-15)14-25(8-5-9-26)32(29,30)19-7-4-6-17(12-19)23(28)31-3/h4,6-7,10-13,26H,5,8-9,14H2,1-3H3,(H,24,27). The predicted octanol–water partition coefficient (Wildman–Crippen LogP) is 2.50. The van der Waals surface area contributed by atoms with Gasteiger partial charge in [0.15, 0.2) is 0 Å². The Morgan fingerprint density at radius 1 is 1.16 bits per heavy atom. The van der Waals surface area contributed by atoms with Crippen molar-refractivity contribution in [3.05, 3.63) is 75.1 Å². The van der Waals surface area contributed by atoms with Gasteiger partial charge < -0.3 is 14.8 Å². The van der Waals surface area contributed by atoms with Crippen LogP contribution >= 0.6 is 0 Å². The van der Waals surface area contributed by atoms with E-state index in [0.29, 0.717) is 5.52 Å². The molecule has 0 spiro atoms. The highest BCUT2D eigenvalue weighted by Gasteiger charge is 2.26. The molecule has 0 radical (unpaired) electrons. The van der Waals surface area contributed by atoms with E-state index in [2.05, 4.69) is 9.72 Å². The van der Waals surface area contributed by atoms with E-state index >= 15 is 0 Å². The summed E-state index contributed by atoms with van der Waals surface area (Å²) >= 11 is 0. The molecule has 0 bridgehead atoms. The van der Waals surface area contributed by atoms with E-state index in [1.54, 1.807) is 6.07 Å². The van der Waals surface area contributed by atoms with Gasteiger partial charge in [0.05, 0.1) is 17.6 Å². The lowest BCUT2D eigenvalue weighted by Crippen LogP contribution is -2.34. The number of carbonyl (C=O) groups is 1. The maximum atomic E-state index is 13.4. The number of aromatic amines is 1. The van der Waals surface area contributed by atoms with E-state index in [4.69, 9.17) is 0 Å². The SMILES string of the molecule is COC(=O)c1cccc(S(=O)(=O)N(CCCO)Cc2cc3c(C)cc(C)cc3[nH]c2=O)c1. The van der Waals surface area contributed by atoms with Gasteiger partial charge in [-0.1, -0.05) is 12.1 Å². The minimum Gasteiger partial charge on any atom is -0.465 e. The topological polar surface area (TPSA) is 117 Å². The molecule has 0 fully saturated rings. The van der Waals surface area contributed by atoms with Gasteiger partial charge in [0, 0.05) is 36.2 Å². The zero-order valence-corrected chi connectivity index (χ0v) is 19.0. The van der Waals surface area contributed by atoms with E-state index in [1.165, 1.54) is 31.4 Å². The highest BCUT2D eigenvalue weighted by atomic mass is 32.2. The van der Waals surface area contributed by atoms with Gasteiger partial charge in [-0.25, -0.2) is 13.2 Å². The van der Waals surface area contributed by atoms with Crippen LogP contribution in [-0.4, -0.2) is 49.0 Å². The molecule has 1 heterocycles. The number of rotatable bonds is 8. The van der Waals surface area contributed by atoms with Crippen LogP contribution in [0.25, 0.3) is 10.9 Å². The number of pyridine rings is 1. The maximum Gasteiger partial charge on any atom is 0.337 e. The van der Waals surface area contributed by atoms with Gasteiger partial charge in [0.2, 0.25) is 10.0 Å². The number of hydrogen-bond donors (Lipinski definition) is 2. The number of hydrogen-bond acceptors (Lipinski definition) is 6. The molecule has 3 aromatic rings. The van der Waals surface area contributed by atoms with Crippen LogP contribution < -0.4 is 5.56 Å². The van der Waals surface area contributed by atoms with Crippen LogP contribution in [0.4, 0.5) is 0 Å². The third kappa shape index (κ3) is 4.90. The number of aryl methyl sites for hydroxylation is 2. The summed E-state index contributed by atoms with van der Waals surface area (Å²) in [6, 6.07) is 11.1. The lowest BCUT2D eigenvalue weighted by atomic mass is 10.0. The molecule has 8 nitrogen and oxygen atoms in total. The second-order valence-corrected chi connectivity index (χ2v) is 9.54. The van der Waals surface area contributed by atoms with Crippen molar-refractivity contribution >= 4 is 26.9 Å². The number of carbonyl (C=O) groups excluding carboxylic acids is 1. The maximum absolute atomic E-state index is 13.4. The average Bonchev–Trinajstić information content (AvgIpc) is 2.76. The first-order valence-electron chi connectivity index (χ1n) is 10.1. The fourth-order valence-electron chi connectivity index (χ4n) is 3.61. The monoisotopic (exact) mass is 458 g/mol. The molecule has 9 heteroatoms. The quantitative estimate of drug-likeness (QED) is 0.501. The molecule has 0 amide bonds. The fraction of sp³-hybridized carbons (Fsp3) is 0.304. The van der Waals surface area contributed by atoms with E-state index < -0.39 is 16.0 Å². The molecule has 0 aliphatic carbocycles. The Labute approximate surface area is 186 Å². The molecule has 0 aliphatic heterocycles. The first-order chi connectivity index (χ1) is 15.2. The van der Waals surface area contributed by atoms with E-state index in [9.17, 15) is 23.1 Å². The number of H-pyrrole nitrogens is 1. The van der Waals surface area contributed by atoms with E-state index in [0.717, 1.165) is 20.8 Å². The molecule has 2 aromatic carbocycles. The number of aromatic nitrogens is 1. The number of ether oxygens (including phenoxy) is 1. The first kappa shape index (κ1) is 23.6. The van der Waals surface area contributed by atoms with Gasteiger partial charge >= 0.3 is 5.97 Å². The Balaban J connectivity index is 2.05. The summed E-state index contributed by atoms with van der Waals surface area (Å²) in [6.45, 7) is 3.48. The predicted molar refractivity (Wildman–Crippen MR) is 121 cm³/mol. The largest absolute Gasteiger partial charge is 0.465 e. The second kappa shape index (κ2) is 9.64. The minimum absolute atomic E-state index is 0.00560. The first-order valence-corrected chi connectivity index (χ1v) is 11.5.